The molecular weight excluding hydrogens is 268 g/mol. The van der Waals surface area contributed by atoms with Gasteiger partial charge in [-0.15, -0.1) is 0 Å². The Morgan fingerprint density at radius 2 is 2.38 bits per heavy atom. The van der Waals surface area contributed by atoms with Gasteiger partial charge in [0.05, 0.1) is 12.6 Å². The van der Waals surface area contributed by atoms with Gasteiger partial charge in [0.2, 0.25) is 5.91 Å². The maximum absolute atomic E-state index is 12.2. The lowest BCUT2D eigenvalue weighted by Crippen LogP contribution is -2.42. The first-order valence-electron chi connectivity index (χ1n) is 7.67. The number of ether oxygens (including phenoxy) is 2. The predicted octanol–water partition coefficient (Wildman–Crippen LogP) is 1.84. The van der Waals surface area contributed by atoms with Crippen molar-refractivity contribution in [2.75, 3.05) is 13.2 Å². The zero-order valence-electron chi connectivity index (χ0n) is 12.3. The van der Waals surface area contributed by atoms with E-state index in [-0.39, 0.29) is 18.1 Å². The Bertz CT molecular complexity index is 476. The average molecular weight is 290 g/mol. The number of nitrogens with zero attached hydrogens (tertiary/aromatic N) is 1. The van der Waals surface area contributed by atoms with Crippen LogP contribution in [0.25, 0.3) is 0 Å². The number of amides is 1. The fourth-order valence-corrected chi connectivity index (χ4v) is 2.55. The molecule has 1 aliphatic heterocycles. The fourth-order valence-electron chi connectivity index (χ4n) is 2.55. The second kappa shape index (κ2) is 6.54. The lowest BCUT2D eigenvalue weighted by Gasteiger charge is -2.22. The van der Waals surface area contributed by atoms with Crippen molar-refractivity contribution < 1.29 is 14.3 Å². The molecule has 21 heavy (non-hydrogen) atoms. The number of hydrogen-bond acceptors (Lipinski definition) is 4. The van der Waals surface area contributed by atoms with Crippen molar-refractivity contribution in [2.24, 2.45) is 5.92 Å². The third kappa shape index (κ3) is 3.80. The van der Waals surface area contributed by atoms with Gasteiger partial charge in [-0.25, -0.2) is 0 Å². The highest BCUT2D eigenvalue weighted by Crippen LogP contribution is 2.30. The van der Waals surface area contributed by atoms with E-state index in [1.54, 1.807) is 12.4 Å². The van der Waals surface area contributed by atoms with Crippen LogP contribution >= 0.6 is 0 Å². The number of pyridine rings is 1. The minimum absolute atomic E-state index is 0.00586. The summed E-state index contributed by atoms with van der Waals surface area (Å²) < 4.78 is 11.4. The van der Waals surface area contributed by atoms with E-state index in [1.807, 2.05) is 19.1 Å². The molecule has 1 aromatic heterocycles. The molecule has 0 radical (unpaired) electrons. The molecule has 1 unspecified atom stereocenters. The molecule has 5 nitrogen and oxygen atoms in total. The van der Waals surface area contributed by atoms with Crippen molar-refractivity contribution >= 4 is 5.91 Å². The van der Waals surface area contributed by atoms with Crippen LogP contribution in [0.15, 0.2) is 24.5 Å². The number of rotatable bonds is 6. The second-order valence-electron chi connectivity index (χ2n) is 5.90. The fraction of sp³-hybridized carbons (Fsp3) is 0.625. The van der Waals surface area contributed by atoms with Crippen LogP contribution < -0.4 is 5.32 Å². The Morgan fingerprint density at radius 3 is 3.10 bits per heavy atom. The number of carbonyl (C=O) groups excluding carboxylic acids is 1. The van der Waals surface area contributed by atoms with E-state index in [0.29, 0.717) is 19.1 Å². The van der Waals surface area contributed by atoms with Crippen molar-refractivity contribution in [2.45, 2.75) is 44.4 Å². The average Bonchev–Trinajstić information content (AvgIpc) is 3.23. The largest absolute Gasteiger partial charge is 0.371 e. The number of carbonyl (C=O) groups is 1. The Hall–Kier alpha value is -1.46. The molecule has 3 rings (SSSR count). The van der Waals surface area contributed by atoms with Gasteiger partial charge in [0.25, 0.3) is 0 Å². The van der Waals surface area contributed by atoms with Crippen LogP contribution in [-0.2, 0) is 14.3 Å². The summed E-state index contributed by atoms with van der Waals surface area (Å²) in [6.45, 7) is 3.16. The normalized spacial score (nSPS) is 26.5. The first-order chi connectivity index (χ1) is 10.2. The maximum Gasteiger partial charge on any atom is 0.249 e. The molecule has 1 amide bonds. The lowest BCUT2D eigenvalue weighted by atomic mass is 10.0. The van der Waals surface area contributed by atoms with E-state index in [2.05, 4.69) is 10.3 Å². The monoisotopic (exact) mass is 290 g/mol. The molecule has 5 heteroatoms. The van der Waals surface area contributed by atoms with Gasteiger partial charge in [-0.2, -0.15) is 0 Å². The van der Waals surface area contributed by atoms with Crippen molar-refractivity contribution in [3.05, 3.63) is 30.1 Å². The van der Waals surface area contributed by atoms with Gasteiger partial charge in [0.15, 0.2) is 0 Å². The van der Waals surface area contributed by atoms with Crippen molar-refractivity contribution in [3.63, 3.8) is 0 Å². The third-order valence-electron chi connectivity index (χ3n) is 4.08. The topological polar surface area (TPSA) is 60.5 Å². The van der Waals surface area contributed by atoms with Gasteiger partial charge in [-0.3, -0.25) is 9.78 Å². The highest BCUT2D eigenvalue weighted by molar-refractivity contribution is 5.80. The van der Waals surface area contributed by atoms with Gasteiger partial charge in [0, 0.05) is 24.6 Å². The molecule has 1 saturated carbocycles. The van der Waals surface area contributed by atoms with Crippen molar-refractivity contribution in [1.82, 2.24) is 10.3 Å². The second-order valence-corrected chi connectivity index (χ2v) is 5.90. The van der Waals surface area contributed by atoms with Crippen LogP contribution in [0.4, 0.5) is 0 Å². The smallest absolute Gasteiger partial charge is 0.249 e. The molecular formula is C16H22N2O3. The molecule has 1 aliphatic carbocycles. The first kappa shape index (κ1) is 14.5. The molecule has 1 aromatic rings. The molecule has 3 atom stereocenters. The van der Waals surface area contributed by atoms with Crippen LogP contribution in [0.5, 0.6) is 0 Å². The standard InChI is InChI=1S/C16H22N2O3/c1-11(21-10-12-4-5-12)16(19)18-14-6-8-20-15(14)13-3-2-7-17-9-13/h2-3,7,9,11-12,14-15H,4-6,8,10H2,1H3,(H,18,19)/t11?,14-,15+/m0/s1. The summed E-state index contributed by atoms with van der Waals surface area (Å²) in [4.78, 5) is 16.3. The van der Waals surface area contributed by atoms with E-state index < -0.39 is 6.10 Å². The Kier molecular flexibility index (Phi) is 4.51. The van der Waals surface area contributed by atoms with Crippen LogP contribution in [0.3, 0.4) is 0 Å². The molecule has 2 fully saturated rings. The molecule has 1 saturated heterocycles. The molecule has 114 valence electrons. The molecule has 2 heterocycles. The van der Waals surface area contributed by atoms with Crippen LogP contribution in [-0.4, -0.2) is 36.3 Å². The van der Waals surface area contributed by atoms with Gasteiger partial charge < -0.3 is 14.8 Å². The minimum atomic E-state index is -0.402. The van der Waals surface area contributed by atoms with E-state index >= 15 is 0 Å². The van der Waals surface area contributed by atoms with Gasteiger partial charge in [0.1, 0.15) is 12.2 Å². The van der Waals surface area contributed by atoms with Crippen molar-refractivity contribution in [1.29, 1.82) is 0 Å². The summed E-state index contributed by atoms with van der Waals surface area (Å²) in [7, 11) is 0. The highest BCUT2D eigenvalue weighted by Gasteiger charge is 2.32. The summed E-state index contributed by atoms with van der Waals surface area (Å²) in [6, 6.07) is 3.86. The molecule has 0 bridgehead atoms. The van der Waals surface area contributed by atoms with E-state index in [4.69, 9.17) is 9.47 Å². The number of nitrogens with one attached hydrogen (secondary N) is 1. The Labute approximate surface area is 125 Å². The van der Waals surface area contributed by atoms with Crippen LogP contribution in [0, 0.1) is 5.92 Å². The first-order valence-corrected chi connectivity index (χ1v) is 7.67. The maximum atomic E-state index is 12.2. The Morgan fingerprint density at radius 1 is 1.52 bits per heavy atom. The lowest BCUT2D eigenvalue weighted by molar-refractivity contribution is -0.133. The van der Waals surface area contributed by atoms with Crippen LogP contribution in [0.1, 0.15) is 37.9 Å². The molecule has 1 N–H and O–H groups in total. The highest BCUT2D eigenvalue weighted by atomic mass is 16.5. The molecule has 0 aromatic carbocycles. The van der Waals surface area contributed by atoms with Gasteiger partial charge in [-0.1, -0.05) is 6.07 Å². The summed E-state index contributed by atoms with van der Waals surface area (Å²) in [6.07, 6.45) is 6.30. The minimum Gasteiger partial charge on any atom is -0.371 e. The quantitative estimate of drug-likeness (QED) is 0.868. The predicted molar refractivity (Wildman–Crippen MR) is 77.6 cm³/mol. The number of aromatic nitrogens is 1. The van der Waals surface area contributed by atoms with E-state index in [0.717, 1.165) is 12.0 Å². The number of hydrogen-bond donors (Lipinski definition) is 1. The Balaban J connectivity index is 1.54. The zero-order chi connectivity index (χ0) is 14.7. The summed E-state index contributed by atoms with van der Waals surface area (Å²) >= 11 is 0. The van der Waals surface area contributed by atoms with Gasteiger partial charge >= 0.3 is 0 Å². The van der Waals surface area contributed by atoms with Crippen LogP contribution in [0.2, 0.25) is 0 Å². The van der Waals surface area contributed by atoms with Gasteiger partial charge in [-0.05, 0) is 38.2 Å². The van der Waals surface area contributed by atoms with E-state index in [1.165, 1.54) is 12.8 Å². The summed E-state index contributed by atoms with van der Waals surface area (Å²) in [5, 5.41) is 3.05. The molecule has 0 spiro atoms. The summed E-state index contributed by atoms with van der Waals surface area (Å²) in [5.74, 6) is 0.609. The zero-order valence-corrected chi connectivity index (χ0v) is 12.3. The SMILES string of the molecule is CC(OCC1CC1)C(=O)N[C@H]1CCO[C@@H]1c1cccnc1. The van der Waals surface area contributed by atoms with E-state index in [9.17, 15) is 4.79 Å². The van der Waals surface area contributed by atoms with Crippen molar-refractivity contribution in [3.8, 4) is 0 Å². The third-order valence-corrected chi connectivity index (χ3v) is 4.08. The molecule has 2 aliphatic rings. The summed E-state index contributed by atoms with van der Waals surface area (Å²) in [5.41, 5.74) is 1.01.